The van der Waals surface area contributed by atoms with Crippen molar-refractivity contribution in [2.45, 2.75) is 6.92 Å². The Bertz CT molecular complexity index is 1150. The molecule has 29 heavy (non-hydrogen) atoms. The van der Waals surface area contributed by atoms with E-state index in [2.05, 4.69) is 33.4 Å². The highest BCUT2D eigenvalue weighted by atomic mass is 16.1. The smallest absolute Gasteiger partial charge is 0.274 e. The lowest BCUT2D eigenvalue weighted by Gasteiger charge is -2.13. The SMILES string of the molecule is C=C(C)c1c(C#N)ccnc1C(=O)Nc1ccc(C=N)c(Nc2cnn(C)c2)c1. The molecule has 144 valence electrons. The number of aryl methyl sites for hydroxylation is 1. The minimum Gasteiger partial charge on any atom is -0.352 e. The number of amides is 1. The maximum absolute atomic E-state index is 12.8. The molecule has 0 radical (unpaired) electrons. The Labute approximate surface area is 168 Å². The van der Waals surface area contributed by atoms with E-state index >= 15 is 0 Å². The average molecular weight is 385 g/mol. The predicted octanol–water partition coefficient (Wildman–Crippen LogP) is 3.71. The molecule has 2 heterocycles. The predicted molar refractivity (Wildman–Crippen MR) is 112 cm³/mol. The van der Waals surface area contributed by atoms with Gasteiger partial charge in [0.2, 0.25) is 0 Å². The summed E-state index contributed by atoms with van der Waals surface area (Å²) in [6.45, 7) is 5.58. The number of hydrogen-bond donors (Lipinski definition) is 3. The van der Waals surface area contributed by atoms with E-state index in [1.807, 2.05) is 0 Å². The molecule has 0 saturated heterocycles. The van der Waals surface area contributed by atoms with Crippen LogP contribution in [0.1, 0.15) is 34.1 Å². The lowest BCUT2D eigenvalue weighted by Crippen LogP contribution is -2.16. The highest BCUT2D eigenvalue weighted by molar-refractivity contribution is 6.07. The summed E-state index contributed by atoms with van der Waals surface area (Å²) in [6.07, 6.45) is 6.11. The van der Waals surface area contributed by atoms with Crippen LogP contribution in [0, 0.1) is 16.7 Å². The lowest BCUT2D eigenvalue weighted by molar-refractivity contribution is 0.102. The molecule has 0 bridgehead atoms. The van der Waals surface area contributed by atoms with Gasteiger partial charge >= 0.3 is 0 Å². The maximum Gasteiger partial charge on any atom is 0.274 e. The number of hydrogen-bond acceptors (Lipinski definition) is 6. The van der Waals surface area contributed by atoms with Crippen LogP contribution >= 0.6 is 0 Å². The van der Waals surface area contributed by atoms with Crippen molar-refractivity contribution < 1.29 is 4.79 Å². The van der Waals surface area contributed by atoms with Crippen molar-refractivity contribution in [2.75, 3.05) is 10.6 Å². The van der Waals surface area contributed by atoms with Crippen LogP contribution in [0.3, 0.4) is 0 Å². The second-order valence-corrected chi connectivity index (χ2v) is 6.40. The molecule has 2 aromatic heterocycles. The maximum atomic E-state index is 12.8. The molecule has 8 nitrogen and oxygen atoms in total. The monoisotopic (exact) mass is 385 g/mol. The van der Waals surface area contributed by atoms with E-state index in [0.717, 1.165) is 5.69 Å². The first-order valence-electron chi connectivity index (χ1n) is 8.69. The van der Waals surface area contributed by atoms with Gasteiger partial charge in [-0.25, -0.2) is 0 Å². The van der Waals surface area contributed by atoms with Crippen molar-refractivity contribution in [2.24, 2.45) is 7.05 Å². The van der Waals surface area contributed by atoms with Crippen LogP contribution in [0.25, 0.3) is 5.57 Å². The molecule has 0 aliphatic rings. The number of rotatable bonds is 6. The van der Waals surface area contributed by atoms with Crippen molar-refractivity contribution in [3.63, 3.8) is 0 Å². The number of pyridine rings is 1. The minimum atomic E-state index is -0.449. The Morgan fingerprint density at radius 2 is 2.14 bits per heavy atom. The molecule has 1 amide bonds. The van der Waals surface area contributed by atoms with E-state index < -0.39 is 5.91 Å². The molecule has 0 fully saturated rings. The number of carbonyl (C=O) groups excluding carboxylic acids is 1. The molecule has 0 aliphatic carbocycles. The van der Waals surface area contributed by atoms with Crippen LogP contribution in [-0.4, -0.2) is 26.9 Å². The number of nitriles is 1. The lowest BCUT2D eigenvalue weighted by atomic mass is 10.0. The van der Waals surface area contributed by atoms with Crippen molar-refractivity contribution >= 4 is 34.8 Å². The van der Waals surface area contributed by atoms with Crippen LogP contribution in [0.15, 0.2) is 49.4 Å². The zero-order valence-corrected chi connectivity index (χ0v) is 16.0. The fourth-order valence-corrected chi connectivity index (χ4v) is 2.86. The Hall–Kier alpha value is -4.25. The van der Waals surface area contributed by atoms with Gasteiger partial charge < -0.3 is 16.0 Å². The van der Waals surface area contributed by atoms with E-state index in [1.54, 1.807) is 55.3 Å². The number of allylic oxidation sites excluding steroid dienone is 1. The summed E-state index contributed by atoms with van der Waals surface area (Å²) in [5.41, 5.74) is 4.06. The zero-order chi connectivity index (χ0) is 21.0. The highest BCUT2D eigenvalue weighted by Gasteiger charge is 2.18. The summed E-state index contributed by atoms with van der Waals surface area (Å²) in [7, 11) is 1.81. The van der Waals surface area contributed by atoms with Crippen LogP contribution in [0.4, 0.5) is 17.1 Å². The average Bonchev–Trinajstić information content (AvgIpc) is 3.12. The molecule has 1 aromatic carbocycles. The van der Waals surface area contributed by atoms with Gasteiger partial charge in [-0.1, -0.05) is 6.58 Å². The third-order valence-electron chi connectivity index (χ3n) is 4.16. The van der Waals surface area contributed by atoms with Gasteiger partial charge in [-0.15, -0.1) is 0 Å². The van der Waals surface area contributed by atoms with Gasteiger partial charge in [0.05, 0.1) is 23.5 Å². The number of carbonyl (C=O) groups is 1. The van der Waals surface area contributed by atoms with Gasteiger partial charge in [0, 0.05) is 48.2 Å². The standard InChI is InChI=1S/C21H19N7O/c1-13(2)19-15(10-23)6-7-24-20(19)21(29)27-16-5-4-14(9-22)18(8-16)26-17-11-25-28(3)12-17/h4-9,11-12,22,26H,1H2,2-3H3,(H,27,29). The van der Waals surface area contributed by atoms with Crippen LogP contribution in [0.2, 0.25) is 0 Å². The molecule has 3 rings (SSSR count). The van der Waals surface area contributed by atoms with Crippen LogP contribution in [-0.2, 0) is 7.05 Å². The first kappa shape index (κ1) is 19.5. The van der Waals surface area contributed by atoms with Crippen molar-refractivity contribution in [3.05, 3.63) is 71.8 Å². The Balaban J connectivity index is 1.92. The van der Waals surface area contributed by atoms with E-state index in [9.17, 15) is 10.1 Å². The highest BCUT2D eigenvalue weighted by Crippen LogP contribution is 2.25. The topological polar surface area (TPSA) is 119 Å². The van der Waals surface area contributed by atoms with Gasteiger partial charge in [-0.05, 0) is 36.8 Å². The first-order chi connectivity index (χ1) is 13.9. The number of benzene rings is 1. The molecular weight excluding hydrogens is 366 g/mol. The molecule has 0 saturated carbocycles. The second kappa shape index (κ2) is 8.19. The summed E-state index contributed by atoms with van der Waals surface area (Å²) in [4.78, 5) is 17.0. The molecule has 0 aliphatic heterocycles. The normalized spacial score (nSPS) is 10.1. The number of aromatic nitrogens is 3. The summed E-state index contributed by atoms with van der Waals surface area (Å²) in [5, 5.41) is 27.0. The largest absolute Gasteiger partial charge is 0.352 e. The van der Waals surface area contributed by atoms with Crippen LogP contribution in [0.5, 0.6) is 0 Å². The molecule has 8 heteroatoms. The van der Waals surface area contributed by atoms with E-state index in [1.165, 1.54) is 12.4 Å². The summed E-state index contributed by atoms with van der Waals surface area (Å²) >= 11 is 0. The molecule has 0 atom stereocenters. The summed E-state index contributed by atoms with van der Waals surface area (Å²) in [6, 6.07) is 8.76. The third-order valence-corrected chi connectivity index (χ3v) is 4.16. The van der Waals surface area contributed by atoms with E-state index in [4.69, 9.17) is 5.41 Å². The van der Waals surface area contributed by atoms with E-state index in [0.29, 0.717) is 33.6 Å². The van der Waals surface area contributed by atoms with Gasteiger partial charge in [0.1, 0.15) is 5.69 Å². The molecule has 3 aromatic rings. The fraction of sp³-hybridized carbons (Fsp3) is 0.0952. The van der Waals surface area contributed by atoms with Crippen molar-refractivity contribution in [1.29, 1.82) is 10.7 Å². The quantitative estimate of drug-likeness (QED) is 0.559. The Morgan fingerprint density at radius 3 is 2.76 bits per heavy atom. The number of nitrogens with zero attached hydrogens (tertiary/aromatic N) is 4. The fourth-order valence-electron chi connectivity index (χ4n) is 2.86. The van der Waals surface area contributed by atoms with E-state index in [-0.39, 0.29) is 5.69 Å². The van der Waals surface area contributed by atoms with Crippen molar-refractivity contribution in [1.82, 2.24) is 14.8 Å². The van der Waals surface area contributed by atoms with Crippen molar-refractivity contribution in [3.8, 4) is 6.07 Å². The Morgan fingerprint density at radius 1 is 1.34 bits per heavy atom. The van der Waals surface area contributed by atoms with Gasteiger partial charge in [-0.2, -0.15) is 10.4 Å². The summed E-state index contributed by atoms with van der Waals surface area (Å²) < 4.78 is 1.66. The molecule has 0 spiro atoms. The molecule has 3 N–H and O–H groups in total. The summed E-state index contributed by atoms with van der Waals surface area (Å²) in [5.74, 6) is -0.449. The van der Waals surface area contributed by atoms with Crippen LogP contribution < -0.4 is 10.6 Å². The third kappa shape index (κ3) is 4.20. The Kier molecular flexibility index (Phi) is 5.51. The first-order valence-corrected chi connectivity index (χ1v) is 8.69. The van der Waals surface area contributed by atoms with Gasteiger partial charge in [0.15, 0.2) is 0 Å². The van der Waals surface area contributed by atoms with Gasteiger partial charge in [-0.3, -0.25) is 14.5 Å². The molecule has 0 unspecified atom stereocenters. The van der Waals surface area contributed by atoms with Gasteiger partial charge in [0.25, 0.3) is 5.91 Å². The second-order valence-electron chi connectivity index (χ2n) is 6.40. The number of anilines is 3. The zero-order valence-electron chi connectivity index (χ0n) is 16.0. The minimum absolute atomic E-state index is 0.134. The number of nitrogens with one attached hydrogen (secondary N) is 3. The molecular formula is C21H19N7O.